The second kappa shape index (κ2) is 12.5. The Hall–Kier alpha value is -2.99. The first-order valence-corrected chi connectivity index (χ1v) is 14.2. The van der Waals surface area contributed by atoms with E-state index in [-0.39, 0.29) is 12.3 Å². The number of piperidine rings is 1. The summed E-state index contributed by atoms with van der Waals surface area (Å²) in [5.74, 6) is -0.809. The summed E-state index contributed by atoms with van der Waals surface area (Å²) < 4.78 is 0. The molecule has 0 saturated carbocycles. The quantitative estimate of drug-likeness (QED) is 0.291. The summed E-state index contributed by atoms with van der Waals surface area (Å²) in [7, 11) is 0. The van der Waals surface area contributed by atoms with Gasteiger partial charge in [0, 0.05) is 0 Å². The highest BCUT2D eigenvalue weighted by atomic mass is 16.4. The number of hydrogen-bond donors (Lipinski definition) is 3. The molecule has 1 aliphatic rings. The van der Waals surface area contributed by atoms with Gasteiger partial charge in [0.2, 0.25) is 0 Å². The zero-order chi connectivity index (χ0) is 28.0. The zero-order valence-electron chi connectivity index (χ0n) is 23.5. The predicted molar refractivity (Wildman–Crippen MR) is 156 cm³/mol. The van der Waals surface area contributed by atoms with Crippen molar-refractivity contribution >= 4 is 5.97 Å². The van der Waals surface area contributed by atoms with Gasteiger partial charge in [0.05, 0.1) is 11.5 Å². The Morgan fingerprint density at radius 3 is 1.87 bits per heavy atom. The summed E-state index contributed by atoms with van der Waals surface area (Å²) in [6.45, 7) is 8.45. The van der Waals surface area contributed by atoms with Crippen LogP contribution < -0.4 is 0 Å². The average Bonchev–Trinajstić information content (AvgIpc) is 2.94. The zero-order valence-corrected chi connectivity index (χ0v) is 23.5. The van der Waals surface area contributed by atoms with Crippen molar-refractivity contribution in [2.45, 2.75) is 70.0 Å². The number of hydrogen-bond acceptors (Lipinski definition) is 4. The highest BCUT2D eigenvalue weighted by Crippen LogP contribution is 2.42. The maximum atomic E-state index is 12.2. The van der Waals surface area contributed by atoms with E-state index in [0.29, 0.717) is 12.0 Å². The van der Waals surface area contributed by atoms with Crippen molar-refractivity contribution in [3.8, 4) is 0 Å². The molecule has 0 bridgehead atoms. The molecule has 4 rings (SSSR count). The van der Waals surface area contributed by atoms with Crippen LogP contribution in [0, 0.1) is 19.8 Å². The second-order valence-electron chi connectivity index (χ2n) is 11.6. The number of carbonyl (C=O) groups is 1. The summed E-state index contributed by atoms with van der Waals surface area (Å²) in [4.78, 5) is 14.5. The van der Waals surface area contributed by atoms with Crippen LogP contribution in [0.4, 0.5) is 0 Å². The van der Waals surface area contributed by atoms with E-state index < -0.39 is 23.1 Å². The van der Waals surface area contributed by atoms with E-state index in [1.54, 1.807) is 6.92 Å². The molecule has 2 unspecified atom stereocenters. The van der Waals surface area contributed by atoms with Crippen LogP contribution in [0.2, 0.25) is 0 Å². The Bertz CT molecular complexity index is 1150. The lowest BCUT2D eigenvalue weighted by Gasteiger charge is -2.42. The first-order chi connectivity index (χ1) is 18.6. The molecule has 2 atom stereocenters. The number of aliphatic carboxylic acids is 1. The topological polar surface area (TPSA) is 81.0 Å². The Morgan fingerprint density at radius 2 is 1.38 bits per heavy atom. The van der Waals surface area contributed by atoms with Crippen molar-refractivity contribution < 1.29 is 20.1 Å². The number of nitrogens with zero attached hydrogens (tertiary/aromatic N) is 1. The van der Waals surface area contributed by atoms with Gasteiger partial charge >= 0.3 is 5.97 Å². The van der Waals surface area contributed by atoms with Crippen molar-refractivity contribution in [1.82, 2.24) is 4.90 Å². The van der Waals surface area contributed by atoms with Crippen LogP contribution in [0.5, 0.6) is 0 Å². The Morgan fingerprint density at radius 1 is 0.872 bits per heavy atom. The minimum atomic E-state index is -1.12. The minimum Gasteiger partial charge on any atom is -0.481 e. The van der Waals surface area contributed by atoms with Gasteiger partial charge in [-0.2, -0.15) is 0 Å². The Labute approximate surface area is 233 Å². The van der Waals surface area contributed by atoms with Gasteiger partial charge in [0.15, 0.2) is 0 Å². The van der Waals surface area contributed by atoms with Gasteiger partial charge in [-0.1, -0.05) is 90.0 Å². The van der Waals surface area contributed by atoms with Gasteiger partial charge in [-0.15, -0.1) is 0 Å². The number of benzene rings is 3. The van der Waals surface area contributed by atoms with Gasteiger partial charge in [-0.25, -0.2) is 0 Å². The molecule has 3 N–H and O–H groups in total. The Balaban J connectivity index is 1.35. The SMILES string of the molecule is Cc1ccc(C(O)(c2ccc(C)cc2)C2CCN(CCCC(O)CC(C)(C(=O)O)c3ccccc3)CC2)cc1. The molecule has 39 heavy (non-hydrogen) atoms. The van der Waals surface area contributed by atoms with Crippen LogP contribution in [0.15, 0.2) is 78.9 Å². The van der Waals surface area contributed by atoms with Crippen LogP contribution in [-0.4, -0.2) is 51.9 Å². The lowest BCUT2D eigenvalue weighted by Crippen LogP contribution is -2.44. The van der Waals surface area contributed by atoms with E-state index in [1.807, 2.05) is 30.3 Å². The Kier molecular flexibility index (Phi) is 9.27. The predicted octanol–water partition coefficient (Wildman–Crippen LogP) is 5.83. The number of rotatable bonds is 11. The molecule has 0 aliphatic carbocycles. The first-order valence-electron chi connectivity index (χ1n) is 14.2. The van der Waals surface area contributed by atoms with E-state index >= 15 is 0 Å². The van der Waals surface area contributed by atoms with Crippen molar-refractivity contribution in [1.29, 1.82) is 0 Å². The highest BCUT2D eigenvalue weighted by Gasteiger charge is 2.42. The molecule has 5 nitrogen and oxygen atoms in total. The van der Waals surface area contributed by atoms with Gasteiger partial charge < -0.3 is 20.2 Å². The fourth-order valence-electron chi connectivity index (χ4n) is 6.09. The molecule has 0 radical (unpaired) electrons. The molecule has 5 heteroatoms. The highest BCUT2D eigenvalue weighted by molar-refractivity contribution is 5.80. The molecular formula is C34H43NO4. The summed E-state index contributed by atoms with van der Waals surface area (Å²) in [6, 6.07) is 25.7. The molecule has 1 aliphatic heterocycles. The third kappa shape index (κ3) is 6.60. The van der Waals surface area contributed by atoms with E-state index in [4.69, 9.17) is 0 Å². The molecule has 3 aromatic carbocycles. The fourth-order valence-corrected chi connectivity index (χ4v) is 6.09. The largest absolute Gasteiger partial charge is 0.481 e. The average molecular weight is 530 g/mol. The summed E-state index contributed by atoms with van der Waals surface area (Å²) in [5, 5.41) is 32.9. The monoisotopic (exact) mass is 529 g/mol. The molecule has 3 aromatic rings. The van der Waals surface area contributed by atoms with Crippen LogP contribution in [0.1, 0.15) is 66.8 Å². The molecule has 0 spiro atoms. The van der Waals surface area contributed by atoms with E-state index in [0.717, 1.165) is 50.0 Å². The van der Waals surface area contributed by atoms with Crippen LogP contribution in [0.25, 0.3) is 0 Å². The minimum absolute atomic E-state index is 0.104. The summed E-state index contributed by atoms with van der Waals surface area (Å²) in [6.07, 6.45) is 2.63. The lowest BCUT2D eigenvalue weighted by atomic mass is 9.72. The van der Waals surface area contributed by atoms with Crippen LogP contribution in [0.3, 0.4) is 0 Å². The van der Waals surface area contributed by atoms with Gasteiger partial charge in [-0.05, 0) is 95.1 Å². The maximum absolute atomic E-state index is 12.2. The number of aryl methyl sites for hydroxylation is 2. The fraction of sp³-hybridized carbons (Fsp3) is 0.441. The molecule has 0 aromatic heterocycles. The van der Waals surface area contributed by atoms with Gasteiger partial charge in [0.1, 0.15) is 5.60 Å². The van der Waals surface area contributed by atoms with Crippen molar-refractivity contribution in [2.24, 2.45) is 5.92 Å². The molecular weight excluding hydrogens is 486 g/mol. The van der Waals surface area contributed by atoms with Gasteiger partial charge in [-0.3, -0.25) is 4.79 Å². The van der Waals surface area contributed by atoms with Crippen molar-refractivity contribution in [3.05, 3.63) is 107 Å². The van der Waals surface area contributed by atoms with E-state index in [2.05, 4.69) is 67.3 Å². The number of likely N-dealkylation sites (tertiary alicyclic amines) is 1. The number of carboxylic acid groups (broad SMARTS) is 1. The first kappa shape index (κ1) is 29.0. The molecule has 1 fully saturated rings. The smallest absolute Gasteiger partial charge is 0.313 e. The molecule has 1 heterocycles. The summed E-state index contributed by atoms with van der Waals surface area (Å²) in [5.41, 5.74) is 2.80. The maximum Gasteiger partial charge on any atom is 0.313 e. The van der Waals surface area contributed by atoms with Crippen molar-refractivity contribution in [3.63, 3.8) is 0 Å². The number of carboxylic acids is 1. The molecule has 0 amide bonds. The van der Waals surface area contributed by atoms with E-state index in [1.165, 1.54) is 11.1 Å². The van der Waals surface area contributed by atoms with E-state index in [9.17, 15) is 20.1 Å². The standard InChI is InChI=1S/C34H43NO4/c1-25-11-15-28(16-12-25)34(39,29-17-13-26(2)14-18-29)30-19-22-35(23-20-30)21-7-10-31(36)24-33(3,32(37)38)27-8-5-4-6-9-27/h4-6,8-9,11-18,30-31,36,39H,7,10,19-24H2,1-3H3,(H,37,38). The second-order valence-corrected chi connectivity index (χ2v) is 11.6. The lowest BCUT2D eigenvalue weighted by molar-refractivity contribution is -0.144. The van der Waals surface area contributed by atoms with Gasteiger partial charge in [0.25, 0.3) is 0 Å². The van der Waals surface area contributed by atoms with Crippen LogP contribution >= 0.6 is 0 Å². The number of aliphatic hydroxyl groups excluding tert-OH is 1. The van der Waals surface area contributed by atoms with Crippen molar-refractivity contribution in [2.75, 3.05) is 19.6 Å². The number of aliphatic hydroxyl groups is 2. The normalized spacial score (nSPS) is 17.5. The molecule has 208 valence electrons. The third-order valence-corrected chi connectivity index (χ3v) is 8.70. The van der Waals surface area contributed by atoms with Crippen LogP contribution in [-0.2, 0) is 15.8 Å². The third-order valence-electron chi connectivity index (χ3n) is 8.70. The summed E-state index contributed by atoms with van der Waals surface area (Å²) >= 11 is 0. The molecule has 1 saturated heterocycles.